The summed E-state index contributed by atoms with van der Waals surface area (Å²) < 4.78 is 5.78. The second kappa shape index (κ2) is 10.00. The number of thioether (sulfide) groups is 1. The van der Waals surface area contributed by atoms with Crippen molar-refractivity contribution in [3.63, 3.8) is 0 Å². The molecule has 0 heterocycles. The molecule has 0 aliphatic heterocycles. The molecule has 144 valence electrons. The summed E-state index contributed by atoms with van der Waals surface area (Å²) in [5.41, 5.74) is 4.43. The standard InChI is InChI=1S/C24H25NO2S/c1-18-8-6-7-11-21(18)17-28-19(2)24(26)25-22-12-14-23(15-13-22)27-16-20-9-4-3-5-10-20/h3-15,19H,16-17H2,1-2H3,(H,25,26)/t19-/m0/s1. The molecular formula is C24H25NO2S. The van der Waals surface area contributed by atoms with Crippen molar-refractivity contribution < 1.29 is 9.53 Å². The van der Waals surface area contributed by atoms with Crippen LogP contribution in [0.25, 0.3) is 0 Å². The molecular weight excluding hydrogens is 366 g/mol. The first-order chi connectivity index (χ1) is 13.6. The highest BCUT2D eigenvalue weighted by molar-refractivity contribution is 7.99. The van der Waals surface area contributed by atoms with Gasteiger partial charge in [-0.1, -0.05) is 54.6 Å². The van der Waals surface area contributed by atoms with E-state index in [1.807, 2.05) is 73.7 Å². The Hall–Kier alpha value is -2.72. The largest absolute Gasteiger partial charge is 0.489 e. The summed E-state index contributed by atoms with van der Waals surface area (Å²) in [4.78, 5) is 12.5. The van der Waals surface area contributed by atoms with Gasteiger partial charge in [0.2, 0.25) is 5.91 Å². The minimum Gasteiger partial charge on any atom is -0.489 e. The predicted molar refractivity (Wildman–Crippen MR) is 118 cm³/mol. The molecule has 3 rings (SSSR count). The lowest BCUT2D eigenvalue weighted by Gasteiger charge is -2.13. The summed E-state index contributed by atoms with van der Waals surface area (Å²) in [5.74, 6) is 1.62. The number of anilines is 1. The second-order valence-electron chi connectivity index (χ2n) is 6.67. The molecule has 3 nitrogen and oxygen atoms in total. The van der Waals surface area contributed by atoms with Crippen LogP contribution in [0.15, 0.2) is 78.9 Å². The fourth-order valence-corrected chi connectivity index (χ4v) is 3.65. The summed E-state index contributed by atoms with van der Waals surface area (Å²) >= 11 is 1.64. The van der Waals surface area contributed by atoms with Crippen LogP contribution in [0, 0.1) is 6.92 Å². The van der Waals surface area contributed by atoms with Crippen molar-refractivity contribution in [2.24, 2.45) is 0 Å². The number of rotatable bonds is 8. The molecule has 3 aromatic carbocycles. The first-order valence-electron chi connectivity index (χ1n) is 9.35. The molecule has 0 fully saturated rings. The van der Waals surface area contributed by atoms with Gasteiger partial charge in [0.15, 0.2) is 0 Å². The number of nitrogens with one attached hydrogen (secondary N) is 1. The topological polar surface area (TPSA) is 38.3 Å². The molecule has 0 aliphatic rings. The highest BCUT2D eigenvalue weighted by atomic mass is 32.2. The van der Waals surface area contributed by atoms with E-state index in [-0.39, 0.29) is 11.2 Å². The number of ether oxygens (including phenoxy) is 1. The second-order valence-corrected chi connectivity index (χ2v) is 8.00. The third-order valence-electron chi connectivity index (χ3n) is 4.49. The van der Waals surface area contributed by atoms with Crippen molar-refractivity contribution in [2.45, 2.75) is 31.5 Å². The van der Waals surface area contributed by atoms with E-state index in [1.165, 1.54) is 11.1 Å². The Labute approximate surface area is 171 Å². The van der Waals surface area contributed by atoms with Crippen molar-refractivity contribution in [2.75, 3.05) is 5.32 Å². The van der Waals surface area contributed by atoms with Crippen molar-refractivity contribution in [1.82, 2.24) is 0 Å². The van der Waals surface area contributed by atoms with Crippen LogP contribution >= 0.6 is 11.8 Å². The minimum atomic E-state index is -0.131. The zero-order valence-corrected chi connectivity index (χ0v) is 17.0. The van der Waals surface area contributed by atoms with Crippen molar-refractivity contribution in [3.05, 3.63) is 95.6 Å². The molecule has 0 bridgehead atoms. The molecule has 0 aromatic heterocycles. The van der Waals surface area contributed by atoms with E-state index < -0.39 is 0 Å². The van der Waals surface area contributed by atoms with Crippen LogP contribution in [0.3, 0.4) is 0 Å². The third-order valence-corrected chi connectivity index (χ3v) is 5.68. The van der Waals surface area contributed by atoms with Gasteiger partial charge in [-0.3, -0.25) is 4.79 Å². The fraction of sp³-hybridized carbons (Fsp3) is 0.208. The van der Waals surface area contributed by atoms with Crippen LogP contribution in [0.5, 0.6) is 5.75 Å². The molecule has 0 radical (unpaired) electrons. The van der Waals surface area contributed by atoms with E-state index in [1.54, 1.807) is 11.8 Å². The molecule has 0 saturated heterocycles. The lowest BCUT2D eigenvalue weighted by atomic mass is 10.1. The van der Waals surface area contributed by atoms with Crippen molar-refractivity contribution in [1.29, 1.82) is 0 Å². The highest BCUT2D eigenvalue weighted by Crippen LogP contribution is 2.22. The number of aryl methyl sites for hydroxylation is 1. The molecule has 0 spiro atoms. The zero-order valence-electron chi connectivity index (χ0n) is 16.2. The van der Waals surface area contributed by atoms with E-state index in [9.17, 15) is 4.79 Å². The van der Waals surface area contributed by atoms with E-state index in [0.717, 1.165) is 22.8 Å². The van der Waals surface area contributed by atoms with Gasteiger partial charge in [-0.05, 0) is 54.8 Å². The molecule has 0 saturated carbocycles. The monoisotopic (exact) mass is 391 g/mol. The van der Waals surface area contributed by atoms with Gasteiger partial charge in [0.05, 0.1) is 5.25 Å². The Morgan fingerprint density at radius 3 is 2.36 bits per heavy atom. The maximum Gasteiger partial charge on any atom is 0.237 e. The third kappa shape index (κ3) is 5.89. The normalized spacial score (nSPS) is 11.6. The predicted octanol–water partition coefficient (Wildman–Crippen LogP) is 5.83. The van der Waals surface area contributed by atoms with Gasteiger partial charge in [0, 0.05) is 11.4 Å². The van der Waals surface area contributed by atoms with Gasteiger partial charge in [-0.15, -0.1) is 11.8 Å². The number of hydrogen-bond acceptors (Lipinski definition) is 3. The maximum atomic E-state index is 12.5. The number of carbonyl (C=O) groups excluding carboxylic acids is 1. The molecule has 0 aliphatic carbocycles. The molecule has 3 aromatic rings. The Morgan fingerprint density at radius 1 is 0.964 bits per heavy atom. The van der Waals surface area contributed by atoms with E-state index in [4.69, 9.17) is 4.74 Å². The molecule has 1 N–H and O–H groups in total. The Balaban J connectivity index is 1.47. The van der Waals surface area contributed by atoms with Gasteiger partial charge in [-0.2, -0.15) is 0 Å². The smallest absolute Gasteiger partial charge is 0.237 e. The Morgan fingerprint density at radius 2 is 1.64 bits per heavy atom. The van der Waals surface area contributed by atoms with E-state index in [0.29, 0.717) is 6.61 Å². The minimum absolute atomic E-state index is 0.0107. The van der Waals surface area contributed by atoms with Crippen molar-refractivity contribution >= 4 is 23.4 Å². The van der Waals surface area contributed by atoms with Gasteiger partial charge in [0.1, 0.15) is 12.4 Å². The molecule has 1 amide bonds. The van der Waals surface area contributed by atoms with E-state index >= 15 is 0 Å². The molecule has 0 unspecified atom stereocenters. The Bertz CT molecular complexity index is 894. The summed E-state index contributed by atoms with van der Waals surface area (Å²) in [7, 11) is 0. The van der Waals surface area contributed by atoms with Gasteiger partial charge in [0.25, 0.3) is 0 Å². The lowest BCUT2D eigenvalue weighted by molar-refractivity contribution is -0.115. The van der Waals surface area contributed by atoms with Gasteiger partial charge >= 0.3 is 0 Å². The summed E-state index contributed by atoms with van der Waals surface area (Å²) in [6.45, 7) is 4.57. The maximum absolute atomic E-state index is 12.5. The summed E-state index contributed by atoms with van der Waals surface area (Å²) in [5, 5.41) is 2.85. The van der Waals surface area contributed by atoms with Crippen LogP contribution in [-0.4, -0.2) is 11.2 Å². The van der Waals surface area contributed by atoms with Crippen LogP contribution < -0.4 is 10.1 Å². The number of carbonyl (C=O) groups is 1. The molecule has 1 atom stereocenters. The van der Waals surface area contributed by atoms with Gasteiger partial charge < -0.3 is 10.1 Å². The number of amides is 1. The average Bonchev–Trinajstić information content (AvgIpc) is 2.73. The van der Waals surface area contributed by atoms with Crippen LogP contribution in [-0.2, 0) is 17.2 Å². The summed E-state index contributed by atoms with van der Waals surface area (Å²) in [6.07, 6.45) is 0. The first-order valence-corrected chi connectivity index (χ1v) is 10.4. The van der Waals surface area contributed by atoms with Gasteiger partial charge in [-0.25, -0.2) is 0 Å². The highest BCUT2D eigenvalue weighted by Gasteiger charge is 2.14. The quantitative estimate of drug-likeness (QED) is 0.525. The molecule has 28 heavy (non-hydrogen) atoms. The lowest BCUT2D eigenvalue weighted by Crippen LogP contribution is -2.22. The summed E-state index contributed by atoms with van der Waals surface area (Å²) in [6, 6.07) is 25.8. The van der Waals surface area contributed by atoms with E-state index in [2.05, 4.69) is 24.4 Å². The zero-order chi connectivity index (χ0) is 19.8. The number of benzene rings is 3. The SMILES string of the molecule is Cc1ccccc1CS[C@@H](C)C(=O)Nc1ccc(OCc2ccccc2)cc1. The van der Waals surface area contributed by atoms with Crippen LogP contribution in [0.4, 0.5) is 5.69 Å². The van der Waals surface area contributed by atoms with Crippen LogP contribution in [0.2, 0.25) is 0 Å². The average molecular weight is 392 g/mol. The number of hydrogen-bond donors (Lipinski definition) is 1. The fourth-order valence-electron chi connectivity index (χ4n) is 2.68. The van der Waals surface area contributed by atoms with Crippen molar-refractivity contribution in [3.8, 4) is 5.75 Å². The molecule has 4 heteroatoms. The van der Waals surface area contributed by atoms with Crippen LogP contribution in [0.1, 0.15) is 23.6 Å². The first kappa shape index (κ1) is 20.0. The Kier molecular flexibility index (Phi) is 7.15.